The summed E-state index contributed by atoms with van der Waals surface area (Å²) < 4.78 is 4.83. The molecule has 0 aromatic rings. The molecule has 0 atom stereocenters. The molecule has 1 fully saturated rings. The van der Waals surface area contributed by atoms with Crippen LogP contribution in [0.1, 0.15) is 33.1 Å². The van der Waals surface area contributed by atoms with Crippen molar-refractivity contribution in [1.82, 2.24) is 15.1 Å². The number of aliphatic imine (C=N–C) groups is 1. The Kier molecular flexibility index (Phi) is 12.5. The highest BCUT2D eigenvalue weighted by Gasteiger charge is 2.26. The predicted molar refractivity (Wildman–Crippen MR) is 105 cm³/mol. The van der Waals surface area contributed by atoms with E-state index in [4.69, 9.17) is 4.74 Å². The van der Waals surface area contributed by atoms with Crippen molar-refractivity contribution in [2.24, 2.45) is 10.9 Å². The first-order valence-corrected chi connectivity index (χ1v) is 8.42. The largest absolute Gasteiger partial charge is 0.469 e. The van der Waals surface area contributed by atoms with Crippen molar-refractivity contribution in [2.45, 2.75) is 33.1 Å². The molecule has 0 aromatic heterocycles. The third-order valence-corrected chi connectivity index (χ3v) is 4.24. The number of nitrogens with one attached hydrogen (secondary N) is 1. The normalized spacial score (nSPS) is 16.2. The summed E-state index contributed by atoms with van der Waals surface area (Å²) in [5.74, 6) is 0.899. The second-order valence-electron chi connectivity index (χ2n) is 5.69. The first kappa shape index (κ1) is 22.4. The van der Waals surface area contributed by atoms with E-state index in [2.05, 4.69) is 34.0 Å². The molecule has 0 unspecified atom stereocenters. The summed E-state index contributed by atoms with van der Waals surface area (Å²) >= 11 is 0. The number of guanidine groups is 1. The minimum Gasteiger partial charge on any atom is -0.469 e. The maximum Gasteiger partial charge on any atom is 0.308 e. The van der Waals surface area contributed by atoms with Crippen molar-refractivity contribution >= 4 is 35.9 Å². The van der Waals surface area contributed by atoms with E-state index in [1.807, 2.05) is 7.05 Å². The molecule has 1 N–H and O–H groups in total. The molecule has 1 saturated heterocycles. The number of carbonyl (C=O) groups excluding carboxylic acids is 1. The molecule has 1 aliphatic rings. The lowest BCUT2D eigenvalue weighted by atomic mass is 9.97. The topological polar surface area (TPSA) is 57.2 Å². The number of rotatable bonds is 7. The summed E-state index contributed by atoms with van der Waals surface area (Å²) in [5, 5.41) is 3.44. The smallest absolute Gasteiger partial charge is 0.308 e. The Morgan fingerprint density at radius 3 is 2.43 bits per heavy atom. The van der Waals surface area contributed by atoms with Crippen LogP contribution in [0.5, 0.6) is 0 Å². The van der Waals surface area contributed by atoms with E-state index < -0.39 is 0 Å². The summed E-state index contributed by atoms with van der Waals surface area (Å²) in [6.45, 7) is 10.3. The van der Waals surface area contributed by atoms with Gasteiger partial charge in [0.2, 0.25) is 0 Å². The van der Waals surface area contributed by atoms with Gasteiger partial charge in [0.05, 0.1) is 13.0 Å². The molecule has 1 heterocycles. The zero-order chi connectivity index (χ0) is 16.4. The number of carbonyl (C=O) groups is 1. The maximum absolute atomic E-state index is 11.6. The van der Waals surface area contributed by atoms with Crippen molar-refractivity contribution < 1.29 is 9.53 Å². The van der Waals surface area contributed by atoms with Crippen LogP contribution >= 0.6 is 24.0 Å². The zero-order valence-electron chi connectivity index (χ0n) is 15.0. The quantitative estimate of drug-likeness (QED) is 0.283. The van der Waals surface area contributed by atoms with E-state index in [-0.39, 0.29) is 35.9 Å². The number of likely N-dealkylation sites (tertiary alicyclic amines) is 1. The molecule has 0 bridgehead atoms. The van der Waals surface area contributed by atoms with Crippen LogP contribution in [-0.4, -0.2) is 75.2 Å². The molecule has 1 rings (SSSR count). The Labute approximate surface area is 158 Å². The number of esters is 1. The SMILES string of the molecule is CCCN(CC)CCNC(=NC)N1CCC(C(=O)OC)CC1.I. The molecule has 136 valence electrons. The lowest BCUT2D eigenvalue weighted by Crippen LogP contribution is -2.48. The molecule has 6 nitrogen and oxygen atoms in total. The van der Waals surface area contributed by atoms with E-state index in [1.54, 1.807) is 0 Å². The monoisotopic (exact) mass is 440 g/mol. The molecule has 0 radical (unpaired) electrons. The van der Waals surface area contributed by atoms with Crippen LogP contribution in [-0.2, 0) is 9.53 Å². The number of likely N-dealkylation sites (N-methyl/N-ethyl adjacent to an activating group) is 1. The van der Waals surface area contributed by atoms with Crippen molar-refractivity contribution in [1.29, 1.82) is 0 Å². The molecule has 0 aromatic carbocycles. The van der Waals surface area contributed by atoms with Crippen molar-refractivity contribution in [3.8, 4) is 0 Å². The fraction of sp³-hybridized carbons (Fsp3) is 0.875. The molecular weight excluding hydrogens is 407 g/mol. The fourth-order valence-electron chi connectivity index (χ4n) is 2.90. The molecule has 23 heavy (non-hydrogen) atoms. The van der Waals surface area contributed by atoms with Gasteiger partial charge in [-0.05, 0) is 32.4 Å². The summed E-state index contributed by atoms with van der Waals surface area (Å²) in [5.41, 5.74) is 0. The Balaban J connectivity index is 0.00000484. The number of piperidine rings is 1. The standard InChI is InChI=1S/C16H32N4O2.HI/c1-5-10-19(6-2)13-9-18-16(17-3)20-11-7-14(8-12-20)15(21)22-4;/h14H,5-13H2,1-4H3,(H,17,18);1H. The second kappa shape index (κ2) is 12.8. The van der Waals surface area contributed by atoms with Crippen molar-refractivity contribution in [2.75, 3.05) is 53.4 Å². The first-order valence-electron chi connectivity index (χ1n) is 8.42. The van der Waals surface area contributed by atoms with Crippen LogP contribution in [0.3, 0.4) is 0 Å². The van der Waals surface area contributed by atoms with E-state index in [0.717, 1.165) is 58.1 Å². The molecular formula is C16H33IN4O2. The van der Waals surface area contributed by atoms with Crippen LogP contribution in [0, 0.1) is 5.92 Å². The maximum atomic E-state index is 11.6. The van der Waals surface area contributed by atoms with E-state index in [9.17, 15) is 4.79 Å². The minimum atomic E-state index is -0.0826. The van der Waals surface area contributed by atoms with Crippen LogP contribution in [0.15, 0.2) is 4.99 Å². The summed E-state index contributed by atoms with van der Waals surface area (Å²) in [6, 6.07) is 0. The van der Waals surface area contributed by atoms with E-state index in [1.165, 1.54) is 13.5 Å². The van der Waals surface area contributed by atoms with Crippen LogP contribution in [0.2, 0.25) is 0 Å². The number of methoxy groups -OCH3 is 1. The molecule has 1 aliphatic heterocycles. The Morgan fingerprint density at radius 2 is 1.96 bits per heavy atom. The fourth-order valence-corrected chi connectivity index (χ4v) is 2.90. The number of nitrogens with zero attached hydrogens (tertiary/aromatic N) is 3. The van der Waals surface area contributed by atoms with Gasteiger partial charge < -0.3 is 19.9 Å². The number of hydrogen-bond donors (Lipinski definition) is 1. The molecule has 0 spiro atoms. The van der Waals surface area contributed by atoms with Crippen LogP contribution in [0.25, 0.3) is 0 Å². The lowest BCUT2D eigenvalue weighted by Gasteiger charge is -2.33. The average Bonchev–Trinajstić information content (AvgIpc) is 2.57. The highest BCUT2D eigenvalue weighted by molar-refractivity contribution is 14.0. The second-order valence-corrected chi connectivity index (χ2v) is 5.69. The van der Waals surface area contributed by atoms with Gasteiger partial charge in [0.1, 0.15) is 0 Å². The number of halogens is 1. The molecule has 0 amide bonds. The Hall–Kier alpha value is -0.570. The van der Waals surface area contributed by atoms with Gasteiger partial charge in [-0.15, -0.1) is 24.0 Å². The number of ether oxygens (including phenoxy) is 1. The van der Waals surface area contributed by atoms with Crippen LogP contribution < -0.4 is 5.32 Å². The van der Waals surface area contributed by atoms with Gasteiger partial charge in [0.25, 0.3) is 0 Å². The van der Waals surface area contributed by atoms with Crippen molar-refractivity contribution in [3.63, 3.8) is 0 Å². The van der Waals surface area contributed by atoms with E-state index >= 15 is 0 Å². The van der Waals surface area contributed by atoms with Gasteiger partial charge in [0, 0.05) is 33.2 Å². The van der Waals surface area contributed by atoms with E-state index in [0.29, 0.717) is 0 Å². The zero-order valence-corrected chi connectivity index (χ0v) is 17.3. The lowest BCUT2D eigenvalue weighted by molar-refractivity contribution is -0.146. The van der Waals surface area contributed by atoms with Gasteiger partial charge in [-0.1, -0.05) is 13.8 Å². The van der Waals surface area contributed by atoms with Gasteiger partial charge in [-0.3, -0.25) is 9.79 Å². The highest BCUT2D eigenvalue weighted by atomic mass is 127. The van der Waals surface area contributed by atoms with Crippen molar-refractivity contribution in [3.05, 3.63) is 0 Å². The number of hydrogen-bond acceptors (Lipinski definition) is 4. The summed E-state index contributed by atoms with van der Waals surface area (Å²) in [6.07, 6.45) is 2.86. The Bertz CT molecular complexity index is 358. The third kappa shape index (κ3) is 7.69. The van der Waals surface area contributed by atoms with Gasteiger partial charge in [0.15, 0.2) is 5.96 Å². The van der Waals surface area contributed by atoms with Gasteiger partial charge in [-0.2, -0.15) is 0 Å². The first-order chi connectivity index (χ1) is 10.7. The minimum absolute atomic E-state index is 0. The molecule has 0 aliphatic carbocycles. The third-order valence-electron chi connectivity index (χ3n) is 4.24. The highest BCUT2D eigenvalue weighted by Crippen LogP contribution is 2.18. The Morgan fingerprint density at radius 1 is 1.30 bits per heavy atom. The predicted octanol–water partition coefficient (Wildman–Crippen LogP) is 1.80. The van der Waals surface area contributed by atoms with Crippen LogP contribution in [0.4, 0.5) is 0 Å². The molecule has 0 saturated carbocycles. The molecule has 7 heteroatoms. The summed E-state index contributed by atoms with van der Waals surface area (Å²) in [4.78, 5) is 20.6. The summed E-state index contributed by atoms with van der Waals surface area (Å²) in [7, 11) is 3.28. The van der Waals surface area contributed by atoms with Gasteiger partial charge in [-0.25, -0.2) is 0 Å². The van der Waals surface area contributed by atoms with Gasteiger partial charge >= 0.3 is 5.97 Å². The average molecular weight is 440 g/mol.